The van der Waals surface area contributed by atoms with Crippen LogP contribution in [-0.2, 0) is 0 Å². The summed E-state index contributed by atoms with van der Waals surface area (Å²) in [6, 6.07) is 5.29. The predicted octanol–water partition coefficient (Wildman–Crippen LogP) is 2.75. The Labute approximate surface area is 119 Å². The maximum absolute atomic E-state index is 8.70. The average Bonchev–Trinajstić information content (AvgIpc) is 2.49. The molecule has 0 radical (unpaired) electrons. The van der Waals surface area contributed by atoms with Gasteiger partial charge >= 0.3 is 0 Å². The van der Waals surface area contributed by atoms with E-state index in [2.05, 4.69) is 12.1 Å². The zero-order valence-electron chi connectivity index (χ0n) is 12.0. The first-order chi connectivity index (χ1) is 9.63. The van der Waals surface area contributed by atoms with Gasteiger partial charge in [0.1, 0.15) is 0 Å². The average molecular weight is 278 g/mol. The summed E-state index contributed by atoms with van der Waals surface area (Å²) in [5.41, 5.74) is 6.18. The van der Waals surface area contributed by atoms with Gasteiger partial charge in [0.25, 0.3) is 0 Å². The van der Waals surface area contributed by atoms with Crippen molar-refractivity contribution in [1.82, 2.24) is 0 Å². The summed E-state index contributed by atoms with van der Waals surface area (Å²) in [5, 5.41) is 11.7. The number of oxime groups is 1. The first-order valence-corrected chi connectivity index (χ1v) is 6.96. The van der Waals surface area contributed by atoms with E-state index < -0.39 is 0 Å². The van der Waals surface area contributed by atoms with Gasteiger partial charge in [0.15, 0.2) is 17.3 Å². The van der Waals surface area contributed by atoms with E-state index in [4.69, 9.17) is 20.4 Å². The van der Waals surface area contributed by atoms with E-state index in [1.165, 1.54) is 12.8 Å². The van der Waals surface area contributed by atoms with Crippen molar-refractivity contribution in [3.8, 4) is 11.5 Å². The molecule has 0 spiro atoms. The molecule has 0 saturated heterocycles. The van der Waals surface area contributed by atoms with Crippen molar-refractivity contribution in [2.45, 2.75) is 38.7 Å². The lowest BCUT2D eigenvalue weighted by atomic mass is 9.89. The third-order valence-corrected chi connectivity index (χ3v) is 3.82. The molecule has 1 fully saturated rings. The smallest absolute Gasteiger partial charge is 0.170 e. The van der Waals surface area contributed by atoms with Gasteiger partial charge in [0.05, 0.1) is 13.2 Å². The normalized spacial score (nSPS) is 23.4. The van der Waals surface area contributed by atoms with Crippen LogP contribution in [0.25, 0.3) is 0 Å². The van der Waals surface area contributed by atoms with Crippen LogP contribution in [-0.4, -0.2) is 24.3 Å². The van der Waals surface area contributed by atoms with Crippen LogP contribution in [0.15, 0.2) is 23.4 Å². The summed E-state index contributed by atoms with van der Waals surface area (Å²) in [6.07, 6.45) is 4.80. The van der Waals surface area contributed by atoms with Gasteiger partial charge < -0.3 is 20.4 Å². The van der Waals surface area contributed by atoms with Crippen LogP contribution < -0.4 is 15.2 Å². The number of hydrogen-bond acceptors (Lipinski definition) is 4. The van der Waals surface area contributed by atoms with E-state index in [1.54, 1.807) is 19.2 Å². The molecule has 0 unspecified atom stereocenters. The lowest BCUT2D eigenvalue weighted by molar-refractivity contribution is 0.131. The zero-order chi connectivity index (χ0) is 14.5. The minimum absolute atomic E-state index is 0.0568. The standard InChI is InChI=1S/C15H22N2O3/c1-10-3-6-12(7-4-10)20-13-8-5-11(15(16)17-18)9-14(13)19-2/h5,8-10,12,18H,3-4,6-7H2,1-2H3,(H2,16,17). The second-order valence-corrected chi connectivity index (χ2v) is 5.35. The molecule has 0 aliphatic heterocycles. The summed E-state index contributed by atoms with van der Waals surface area (Å²) in [4.78, 5) is 0. The Bertz CT molecular complexity index is 480. The van der Waals surface area contributed by atoms with E-state index in [-0.39, 0.29) is 11.9 Å². The van der Waals surface area contributed by atoms with Gasteiger partial charge in [-0.15, -0.1) is 0 Å². The van der Waals surface area contributed by atoms with Crippen LogP contribution in [0.2, 0.25) is 0 Å². The number of benzene rings is 1. The summed E-state index contributed by atoms with van der Waals surface area (Å²) in [5.74, 6) is 2.16. The lowest BCUT2D eigenvalue weighted by Gasteiger charge is -2.27. The Morgan fingerprint density at radius 1 is 1.25 bits per heavy atom. The molecule has 2 rings (SSSR count). The van der Waals surface area contributed by atoms with Crippen LogP contribution in [0.4, 0.5) is 0 Å². The molecule has 1 aliphatic rings. The maximum atomic E-state index is 8.70. The van der Waals surface area contributed by atoms with Crippen molar-refractivity contribution in [1.29, 1.82) is 0 Å². The molecule has 0 amide bonds. The van der Waals surface area contributed by atoms with E-state index in [1.807, 2.05) is 6.07 Å². The van der Waals surface area contributed by atoms with Gasteiger partial charge in [0, 0.05) is 5.56 Å². The highest BCUT2D eigenvalue weighted by Gasteiger charge is 2.21. The SMILES string of the molecule is COc1cc(C(N)=NO)ccc1OC1CCC(C)CC1. The summed E-state index contributed by atoms with van der Waals surface area (Å²) in [6.45, 7) is 2.28. The molecule has 5 heteroatoms. The van der Waals surface area contributed by atoms with E-state index >= 15 is 0 Å². The number of amidine groups is 1. The largest absolute Gasteiger partial charge is 0.493 e. The second-order valence-electron chi connectivity index (χ2n) is 5.35. The number of nitrogens with zero attached hydrogens (tertiary/aromatic N) is 1. The van der Waals surface area contributed by atoms with Crippen LogP contribution in [0, 0.1) is 5.92 Å². The number of hydrogen-bond donors (Lipinski definition) is 2. The highest BCUT2D eigenvalue weighted by molar-refractivity contribution is 5.97. The monoisotopic (exact) mass is 278 g/mol. The Kier molecular flexibility index (Phi) is 4.71. The number of rotatable bonds is 4. The van der Waals surface area contributed by atoms with Gasteiger partial charge in [0.2, 0.25) is 0 Å². The van der Waals surface area contributed by atoms with E-state index in [0.717, 1.165) is 18.8 Å². The molecule has 1 aliphatic carbocycles. The first-order valence-electron chi connectivity index (χ1n) is 6.96. The molecule has 1 aromatic carbocycles. The van der Waals surface area contributed by atoms with Gasteiger partial charge in [-0.1, -0.05) is 12.1 Å². The highest BCUT2D eigenvalue weighted by Crippen LogP contribution is 2.33. The summed E-state index contributed by atoms with van der Waals surface area (Å²) in [7, 11) is 1.58. The summed E-state index contributed by atoms with van der Waals surface area (Å²) < 4.78 is 11.4. The van der Waals surface area contributed by atoms with Crippen LogP contribution in [0.5, 0.6) is 11.5 Å². The molecule has 1 saturated carbocycles. The third-order valence-electron chi connectivity index (χ3n) is 3.82. The molecule has 0 aromatic heterocycles. The molecule has 3 N–H and O–H groups in total. The van der Waals surface area contributed by atoms with Gasteiger partial charge in [-0.05, 0) is 49.8 Å². The van der Waals surface area contributed by atoms with Crippen molar-refractivity contribution in [2.24, 2.45) is 16.8 Å². The fourth-order valence-electron chi connectivity index (χ4n) is 2.51. The van der Waals surface area contributed by atoms with Crippen molar-refractivity contribution in [2.75, 3.05) is 7.11 Å². The van der Waals surface area contributed by atoms with Crippen molar-refractivity contribution < 1.29 is 14.7 Å². The Morgan fingerprint density at radius 3 is 2.55 bits per heavy atom. The molecule has 0 bridgehead atoms. The predicted molar refractivity (Wildman–Crippen MR) is 77.6 cm³/mol. The van der Waals surface area contributed by atoms with E-state index in [9.17, 15) is 0 Å². The minimum atomic E-state index is 0.0568. The van der Waals surface area contributed by atoms with Crippen molar-refractivity contribution >= 4 is 5.84 Å². The third kappa shape index (κ3) is 3.35. The molecule has 1 aromatic rings. The van der Waals surface area contributed by atoms with Crippen molar-refractivity contribution in [3.05, 3.63) is 23.8 Å². The summed E-state index contributed by atoms with van der Waals surface area (Å²) >= 11 is 0. The van der Waals surface area contributed by atoms with Crippen LogP contribution in [0.1, 0.15) is 38.2 Å². The van der Waals surface area contributed by atoms with Gasteiger partial charge in [-0.25, -0.2) is 0 Å². The van der Waals surface area contributed by atoms with E-state index in [0.29, 0.717) is 17.1 Å². The van der Waals surface area contributed by atoms with Crippen molar-refractivity contribution in [3.63, 3.8) is 0 Å². The number of ether oxygens (including phenoxy) is 2. The lowest BCUT2D eigenvalue weighted by Crippen LogP contribution is -2.23. The van der Waals surface area contributed by atoms with Gasteiger partial charge in [-0.3, -0.25) is 0 Å². The molecular weight excluding hydrogens is 256 g/mol. The molecular formula is C15H22N2O3. The minimum Gasteiger partial charge on any atom is -0.493 e. The Hall–Kier alpha value is -1.91. The molecule has 0 heterocycles. The number of nitrogens with two attached hydrogens (primary N) is 1. The molecule has 110 valence electrons. The van der Waals surface area contributed by atoms with Gasteiger partial charge in [-0.2, -0.15) is 0 Å². The molecule has 5 nitrogen and oxygen atoms in total. The second kappa shape index (κ2) is 6.50. The quantitative estimate of drug-likeness (QED) is 0.384. The Balaban J connectivity index is 2.11. The fourth-order valence-corrected chi connectivity index (χ4v) is 2.51. The zero-order valence-corrected chi connectivity index (χ0v) is 12.0. The topological polar surface area (TPSA) is 77.1 Å². The Morgan fingerprint density at radius 2 is 1.95 bits per heavy atom. The molecule has 0 atom stereocenters. The first kappa shape index (κ1) is 14.5. The molecule has 20 heavy (non-hydrogen) atoms. The highest BCUT2D eigenvalue weighted by atomic mass is 16.5. The maximum Gasteiger partial charge on any atom is 0.170 e. The fraction of sp³-hybridized carbons (Fsp3) is 0.533. The van der Waals surface area contributed by atoms with Crippen LogP contribution >= 0.6 is 0 Å². The number of methoxy groups -OCH3 is 1. The van der Waals surface area contributed by atoms with Crippen LogP contribution in [0.3, 0.4) is 0 Å².